The minimum absolute atomic E-state index is 0.0737. The lowest BCUT2D eigenvalue weighted by atomic mass is 10.1. The van der Waals surface area contributed by atoms with Crippen molar-refractivity contribution >= 4 is 44.0 Å². The molecule has 0 aliphatic carbocycles. The molecule has 0 aliphatic heterocycles. The Hall–Kier alpha value is -1.77. The molecule has 5 N–H and O–H groups in total. The van der Waals surface area contributed by atoms with Crippen LogP contribution in [0.2, 0.25) is 0 Å². The Balaban J connectivity index is 2.19. The largest absolute Gasteiger partial charge is 0.389 e. The molecule has 0 fully saturated rings. The maximum atomic E-state index is 10.9. The number of thiocarbonyl (C=S) groups is 1. The molecule has 0 aliphatic rings. The summed E-state index contributed by atoms with van der Waals surface area (Å²) in [6.07, 6.45) is 0.399. The second-order valence-electron chi connectivity index (χ2n) is 4.58. The Kier molecular flexibility index (Phi) is 4.71. The van der Waals surface area contributed by atoms with E-state index in [1.165, 1.54) is 0 Å². The van der Waals surface area contributed by atoms with Crippen LogP contribution < -0.4 is 16.2 Å². The molecule has 0 saturated carbocycles. The molecule has 21 heavy (non-hydrogen) atoms. The number of rotatable bonds is 6. The number of pyridine rings is 1. The second-order valence-corrected chi connectivity index (χ2v) is 6.76. The summed E-state index contributed by atoms with van der Waals surface area (Å²) in [5.74, 6) is 0.529. The zero-order valence-corrected chi connectivity index (χ0v) is 12.9. The highest BCUT2D eigenvalue weighted by Gasteiger charge is 2.08. The van der Waals surface area contributed by atoms with Crippen LogP contribution in [0.4, 0.5) is 5.82 Å². The van der Waals surface area contributed by atoms with Gasteiger partial charge in [-0.2, -0.15) is 0 Å². The van der Waals surface area contributed by atoms with Gasteiger partial charge in [0, 0.05) is 17.5 Å². The van der Waals surface area contributed by atoms with Gasteiger partial charge in [0.05, 0.1) is 11.3 Å². The molecule has 0 amide bonds. The lowest BCUT2D eigenvalue weighted by Crippen LogP contribution is -2.19. The van der Waals surface area contributed by atoms with Gasteiger partial charge in [-0.05, 0) is 18.6 Å². The molecule has 0 spiro atoms. The van der Waals surface area contributed by atoms with Crippen molar-refractivity contribution in [2.45, 2.75) is 6.42 Å². The van der Waals surface area contributed by atoms with Crippen LogP contribution in [0.5, 0.6) is 0 Å². The van der Waals surface area contributed by atoms with Crippen LogP contribution in [0.15, 0.2) is 30.3 Å². The van der Waals surface area contributed by atoms with Gasteiger partial charge in [0.2, 0.25) is 10.0 Å². The van der Waals surface area contributed by atoms with Crippen LogP contribution in [0.3, 0.4) is 0 Å². The van der Waals surface area contributed by atoms with Crippen molar-refractivity contribution in [2.24, 2.45) is 10.9 Å². The molecule has 1 aromatic carbocycles. The van der Waals surface area contributed by atoms with Crippen LogP contribution in [-0.2, 0) is 10.0 Å². The van der Waals surface area contributed by atoms with Crippen molar-refractivity contribution in [3.63, 3.8) is 0 Å². The number of nitrogens with one attached hydrogen (secondary N) is 1. The highest BCUT2D eigenvalue weighted by atomic mass is 32.2. The molecule has 112 valence electrons. The Bertz CT molecular complexity index is 775. The fourth-order valence-electron chi connectivity index (χ4n) is 1.96. The zero-order chi connectivity index (χ0) is 15.5. The molecule has 2 aromatic rings. The molecule has 1 heterocycles. The number of anilines is 1. The smallest absolute Gasteiger partial charge is 0.209 e. The first-order chi connectivity index (χ1) is 9.87. The second kappa shape index (κ2) is 6.33. The van der Waals surface area contributed by atoms with Gasteiger partial charge < -0.3 is 11.1 Å². The molecule has 2 rings (SSSR count). The van der Waals surface area contributed by atoms with E-state index in [0.29, 0.717) is 23.8 Å². The van der Waals surface area contributed by atoms with Gasteiger partial charge in [0.25, 0.3) is 0 Å². The minimum Gasteiger partial charge on any atom is -0.389 e. The van der Waals surface area contributed by atoms with Gasteiger partial charge in [0.1, 0.15) is 10.8 Å². The molecule has 6 nitrogen and oxygen atoms in total. The van der Waals surface area contributed by atoms with E-state index in [2.05, 4.69) is 10.3 Å². The lowest BCUT2D eigenvalue weighted by Gasteiger charge is -2.10. The standard InChI is InChI=1S/C13H16N4O2S2/c14-13(20)10-8-12(16-6-3-7-21(15,18)19)17-11-5-2-1-4-9(10)11/h1-2,4-5,8H,3,6-7H2,(H2,14,20)(H,16,17)(H2,15,18,19). The van der Waals surface area contributed by atoms with Gasteiger partial charge in [-0.15, -0.1) is 0 Å². The first-order valence-electron chi connectivity index (χ1n) is 6.31. The van der Waals surface area contributed by atoms with Gasteiger partial charge in [0.15, 0.2) is 0 Å². The highest BCUT2D eigenvalue weighted by molar-refractivity contribution is 7.89. The van der Waals surface area contributed by atoms with E-state index in [1.807, 2.05) is 24.3 Å². The van der Waals surface area contributed by atoms with Crippen molar-refractivity contribution in [2.75, 3.05) is 17.6 Å². The van der Waals surface area contributed by atoms with Crippen LogP contribution in [0.1, 0.15) is 12.0 Å². The first kappa shape index (κ1) is 15.6. The Morgan fingerprint density at radius 3 is 2.71 bits per heavy atom. The fraction of sp³-hybridized carbons (Fsp3) is 0.231. The summed E-state index contributed by atoms with van der Waals surface area (Å²) in [6.45, 7) is 0.443. The monoisotopic (exact) mass is 324 g/mol. The number of hydrogen-bond donors (Lipinski definition) is 3. The topological polar surface area (TPSA) is 111 Å². The highest BCUT2D eigenvalue weighted by Crippen LogP contribution is 2.20. The number of nitrogens with two attached hydrogens (primary N) is 2. The lowest BCUT2D eigenvalue weighted by molar-refractivity contribution is 0.595. The number of para-hydroxylation sites is 1. The maximum Gasteiger partial charge on any atom is 0.209 e. The van der Waals surface area contributed by atoms with Crippen molar-refractivity contribution in [3.8, 4) is 0 Å². The summed E-state index contributed by atoms with van der Waals surface area (Å²) in [6, 6.07) is 9.31. The number of fused-ring (bicyclic) bond motifs is 1. The number of nitrogens with zero attached hydrogens (tertiary/aromatic N) is 1. The van der Waals surface area contributed by atoms with E-state index in [9.17, 15) is 8.42 Å². The summed E-state index contributed by atoms with van der Waals surface area (Å²) in [5.41, 5.74) is 7.26. The Morgan fingerprint density at radius 1 is 1.33 bits per heavy atom. The maximum absolute atomic E-state index is 10.9. The molecule has 0 saturated heterocycles. The summed E-state index contributed by atoms with van der Waals surface area (Å²) < 4.78 is 21.7. The average Bonchev–Trinajstić information content (AvgIpc) is 2.41. The number of sulfonamides is 1. The number of aromatic nitrogens is 1. The van der Waals surface area contributed by atoms with E-state index >= 15 is 0 Å². The third kappa shape index (κ3) is 4.35. The fourth-order valence-corrected chi connectivity index (χ4v) is 2.68. The van der Waals surface area contributed by atoms with Crippen molar-refractivity contribution in [3.05, 3.63) is 35.9 Å². The van der Waals surface area contributed by atoms with Crippen molar-refractivity contribution in [1.82, 2.24) is 4.98 Å². The van der Waals surface area contributed by atoms with Crippen LogP contribution in [0, 0.1) is 0 Å². The average molecular weight is 324 g/mol. The van der Waals surface area contributed by atoms with Crippen molar-refractivity contribution in [1.29, 1.82) is 0 Å². The van der Waals surface area contributed by atoms with E-state index in [0.717, 1.165) is 16.5 Å². The Morgan fingerprint density at radius 2 is 2.05 bits per heavy atom. The molecular weight excluding hydrogens is 308 g/mol. The quantitative estimate of drug-likeness (QED) is 0.539. The predicted octanol–water partition coefficient (Wildman–Crippen LogP) is 0.960. The molecule has 0 unspecified atom stereocenters. The van der Waals surface area contributed by atoms with E-state index < -0.39 is 10.0 Å². The summed E-state index contributed by atoms with van der Waals surface area (Å²) >= 11 is 5.06. The zero-order valence-electron chi connectivity index (χ0n) is 11.2. The number of hydrogen-bond acceptors (Lipinski definition) is 5. The third-order valence-corrected chi connectivity index (χ3v) is 3.97. The molecule has 0 atom stereocenters. The van der Waals surface area contributed by atoms with Gasteiger partial charge in [-0.1, -0.05) is 30.4 Å². The first-order valence-corrected chi connectivity index (χ1v) is 8.43. The van der Waals surface area contributed by atoms with Gasteiger partial charge in [-0.25, -0.2) is 18.5 Å². The Labute approximate surface area is 128 Å². The third-order valence-electron chi connectivity index (χ3n) is 2.89. The summed E-state index contributed by atoms with van der Waals surface area (Å²) in [7, 11) is -3.44. The van der Waals surface area contributed by atoms with Crippen molar-refractivity contribution < 1.29 is 8.42 Å². The molecule has 0 radical (unpaired) electrons. The number of primary sulfonamides is 1. The summed E-state index contributed by atoms with van der Waals surface area (Å²) in [4.78, 5) is 4.74. The molecular formula is C13H16N4O2S2. The van der Waals surface area contributed by atoms with E-state index in [-0.39, 0.29) is 5.75 Å². The van der Waals surface area contributed by atoms with Crippen LogP contribution in [-0.4, -0.2) is 30.7 Å². The molecule has 0 bridgehead atoms. The number of benzene rings is 1. The molecule has 1 aromatic heterocycles. The van der Waals surface area contributed by atoms with Gasteiger partial charge >= 0.3 is 0 Å². The van der Waals surface area contributed by atoms with Crippen LogP contribution >= 0.6 is 12.2 Å². The SMILES string of the molecule is NC(=S)c1cc(NCCCS(N)(=O)=O)nc2ccccc12. The van der Waals surface area contributed by atoms with E-state index in [4.69, 9.17) is 23.1 Å². The predicted molar refractivity (Wildman–Crippen MR) is 88.7 cm³/mol. The normalized spacial score (nSPS) is 11.5. The van der Waals surface area contributed by atoms with Crippen LogP contribution in [0.25, 0.3) is 10.9 Å². The van der Waals surface area contributed by atoms with E-state index in [1.54, 1.807) is 6.07 Å². The minimum atomic E-state index is -3.44. The molecule has 8 heteroatoms. The summed E-state index contributed by atoms with van der Waals surface area (Å²) in [5, 5.41) is 8.90. The van der Waals surface area contributed by atoms with Gasteiger partial charge in [-0.3, -0.25) is 0 Å².